The first kappa shape index (κ1) is 13.0. The van der Waals surface area contributed by atoms with Crippen molar-refractivity contribution in [3.8, 4) is 0 Å². The average Bonchev–Trinajstić information content (AvgIpc) is 2.30. The van der Waals surface area contributed by atoms with Crippen molar-refractivity contribution in [3.63, 3.8) is 0 Å². The van der Waals surface area contributed by atoms with Crippen LogP contribution >= 0.6 is 0 Å². The summed E-state index contributed by atoms with van der Waals surface area (Å²) in [7, 11) is 1.81. The SMILES string of the molecule is C=C(/C=C(/Cc1ccc(C)cc1)NC)C(N)=O. The van der Waals surface area contributed by atoms with Crippen LogP contribution in [0.25, 0.3) is 0 Å². The number of rotatable bonds is 5. The van der Waals surface area contributed by atoms with E-state index < -0.39 is 5.91 Å². The number of carbonyl (C=O) groups is 1. The summed E-state index contributed by atoms with van der Waals surface area (Å²) in [5, 5.41) is 3.04. The maximum absolute atomic E-state index is 10.9. The van der Waals surface area contributed by atoms with Crippen LogP contribution in [0.4, 0.5) is 0 Å². The summed E-state index contributed by atoms with van der Waals surface area (Å²) in [4.78, 5) is 10.9. The van der Waals surface area contributed by atoms with Crippen molar-refractivity contribution in [2.75, 3.05) is 7.05 Å². The Kier molecular flexibility index (Phi) is 4.52. The number of amides is 1. The molecular weight excluding hydrogens is 212 g/mol. The summed E-state index contributed by atoms with van der Waals surface area (Å²) in [5.74, 6) is -0.498. The predicted molar refractivity (Wildman–Crippen MR) is 70.4 cm³/mol. The van der Waals surface area contributed by atoms with Crippen LogP contribution in [0.5, 0.6) is 0 Å². The summed E-state index contributed by atoms with van der Waals surface area (Å²) in [5.41, 5.74) is 8.76. The molecule has 0 aliphatic rings. The van der Waals surface area contributed by atoms with E-state index in [0.717, 1.165) is 12.1 Å². The number of likely N-dealkylation sites (N-methyl/N-ethyl adjacent to an activating group) is 1. The lowest BCUT2D eigenvalue weighted by molar-refractivity contribution is -0.114. The minimum absolute atomic E-state index is 0.307. The molecule has 0 aliphatic carbocycles. The van der Waals surface area contributed by atoms with Crippen molar-refractivity contribution in [1.29, 1.82) is 0 Å². The molecule has 0 heterocycles. The first-order valence-corrected chi connectivity index (χ1v) is 5.45. The van der Waals surface area contributed by atoms with E-state index in [2.05, 4.69) is 36.2 Å². The fourth-order valence-electron chi connectivity index (χ4n) is 1.42. The molecule has 1 aromatic rings. The van der Waals surface area contributed by atoms with Crippen molar-refractivity contribution in [1.82, 2.24) is 5.32 Å². The molecule has 0 aliphatic heterocycles. The van der Waals surface area contributed by atoms with Crippen LogP contribution in [0, 0.1) is 6.92 Å². The number of benzene rings is 1. The molecule has 0 fully saturated rings. The van der Waals surface area contributed by atoms with E-state index in [1.165, 1.54) is 11.1 Å². The number of nitrogens with two attached hydrogens (primary N) is 1. The van der Waals surface area contributed by atoms with Crippen LogP contribution in [-0.2, 0) is 11.2 Å². The van der Waals surface area contributed by atoms with Gasteiger partial charge in [0.15, 0.2) is 0 Å². The highest BCUT2D eigenvalue weighted by Gasteiger charge is 2.02. The average molecular weight is 230 g/mol. The Labute approximate surface area is 102 Å². The van der Waals surface area contributed by atoms with Crippen molar-refractivity contribution >= 4 is 5.91 Å². The smallest absolute Gasteiger partial charge is 0.248 e. The maximum Gasteiger partial charge on any atom is 0.248 e. The Balaban J connectivity index is 2.80. The molecule has 0 radical (unpaired) electrons. The third kappa shape index (κ3) is 4.15. The van der Waals surface area contributed by atoms with E-state index in [9.17, 15) is 4.79 Å². The molecule has 1 amide bonds. The molecule has 0 aromatic heterocycles. The third-order valence-electron chi connectivity index (χ3n) is 2.50. The van der Waals surface area contributed by atoms with Gasteiger partial charge in [-0.2, -0.15) is 0 Å². The zero-order valence-corrected chi connectivity index (χ0v) is 10.3. The Morgan fingerprint density at radius 1 is 1.41 bits per heavy atom. The monoisotopic (exact) mass is 230 g/mol. The second-order valence-corrected chi connectivity index (χ2v) is 3.97. The molecule has 3 N–H and O–H groups in total. The van der Waals surface area contributed by atoms with E-state index in [4.69, 9.17) is 5.73 Å². The molecule has 1 aromatic carbocycles. The molecule has 0 atom stereocenters. The second-order valence-electron chi connectivity index (χ2n) is 3.97. The molecular formula is C14H18N2O. The van der Waals surface area contributed by atoms with Gasteiger partial charge in [0.25, 0.3) is 0 Å². The van der Waals surface area contributed by atoms with Gasteiger partial charge in [0, 0.05) is 24.7 Å². The molecule has 0 spiro atoms. The lowest BCUT2D eigenvalue weighted by Crippen LogP contribution is -2.15. The zero-order valence-electron chi connectivity index (χ0n) is 10.3. The quantitative estimate of drug-likeness (QED) is 0.597. The number of hydrogen-bond acceptors (Lipinski definition) is 2. The fourth-order valence-corrected chi connectivity index (χ4v) is 1.42. The molecule has 0 bridgehead atoms. The number of nitrogens with one attached hydrogen (secondary N) is 1. The molecule has 3 nitrogen and oxygen atoms in total. The van der Waals surface area contributed by atoms with Crippen LogP contribution in [0.15, 0.2) is 48.2 Å². The standard InChI is InChI=1S/C14H18N2O/c1-10-4-6-12(7-5-10)9-13(16-3)8-11(2)14(15)17/h4-8,16H,2,9H2,1,3H3,(H2,15,17)/b13-8-. The summed E-state index contributed by atoms with van der Waals surface area (Å²) in [6.45, 7) is 5.66. The van der Waals surface area contributed by atoms with E-state index in [1.807, 2.05) is 14.0 Å². The molecule has 1 rings (SSSR count). The van der Waals surface area contributed by atoms with Crippen molar-refractivity contribution in [3.05, 3.63) is 59.3 Å². The number of allylic oxidation sites excluding steroid dienone is 1. The van der Waals surface area contributed by atoms with Gasteiger partial charge in [0.2, 0.25) is 5.91 Å². The Bertz CT molecular complexity index is 444. The van der Waals surface area contributed by atoms with Gasteiger partial charge >= 0.3 is 0 Å². The highest BCUT2D eigenvalue weighted by atomic mass is 16.1. The van der Waals surface area contributed by atoms with Crippen molar-refractivity contribution < 1.29 is 4.79 Å². The van der Waals surface area contributed by atoms with Crippen LogP contribution in [-0.4, -0.2) is 13.0 Å². The molecule has 0 saturated heterocycles. The largest absolute Gasteiger partial charge is 0.391 e. The van der Waals surface area contributed by atoms with E-state index >= 15 is 0 Å². The summed E-state index contributed by atoms with van der Waals surface area (Å²) < 4.78 is 0. The first-order chi connectivity index (χ1) is 8.02. The van der Waals surface area contributed by atoms with Crippen molar-refractivity contribution in [2.24, 2.45) is 5.73 Å². The lowest BCUT2D eigenvalue weighted by atomic mass is 10.1. The Morgan fingerprint density at radius 2 is 2.00 bits per heavy atom. The van der Waals surface area contributed by atoms with Crippen LogP contribution < -0.4 is 11.1 Å². The zero-order chi connectivity index (χ0) is 12.8. The molecule has 17 heavy (non-hydrogen) atoms. The van der Waals surface area contributed by atoms with Crippen LogP contribution in [0.2, 0.25) is 0 Å². The summed E-state index contributed by atoms with van der Waals surface area (Å²) in [6, 6.07) is 8.25. The number of primary amides is 1. The number of aryl methyl sites for hydroxylation is 1. The minimum Gasteiger partial charge on any atom is -0.391 e. The highest BCUT2D eigenvalue weighted by molar-refractivity contribution is 5.94. The van der Waals surface area contributed by atoms with E-state index in [-0.39, 0.29) is 0 Å². The second kappa shape index (κ2) is 5.89. The van der Waals surface area contributed by atoms with Crippen molar-refractivity contribution in [2.45, 2.75) is 13.3 Å². The number of hydrogen-bond donors (Lipinski definition) is 2. The van der Waals surface area contributed by atoms with Crippen LogP contribution in [0.1, 0.15) is 11.1 Å². The van der Waals surface area contributed by atoms with Gasteiger partial charge in [0.05, 0.1) is 0 Å². The Hall–Kier alpha value is -2.03. The molecule has 0 unspecified atom stereocenters. The fraction of sp³-hybridized carbons (Fsp3) is 0.214. The minimum atomic E-state index is -0.498. The predicted octanol–water partition coefficient (Wildman–Crippen LogP) is 1.68. The van der Waals surface area contributed by atoms with Crippen LogP contribution in [0.3, 0.4) is 0 Å². The molecule has 0 saturated carbocycles. The van der Waals surface area contributed by atoms with E-state index in [1.54, 1.807) is 6.08 Å². The lowest BCUT2D eigenvalue weighted by Gasteiger charge is -2.08. The summed E-state index contributed by atoms with van der Waals surface area (Å²) >= 11 is 0. The number of carbonyl (C=O) groups excluding carboxylic acids is 1. The summed E-state index contributed by atoms with van der Waals surface area (Å²) in [6.07, 6.45) is 2.41. The van der Waals surface area contributed by atoms with E-state index in [0.29, 0.717) is 5.57 Å². The van der Waals surface area contributed by atoms with Gasteiger partial charge in [-0.15, -0.1) is 0 Å². The van der Waals surface area contributed by atoms with Gasteiger partial charge in [-0.25, -0.2) is 0 Å². The maximum atomic E-state index is 10.9. The normalized spacial score (nSPS) is 11.1. The molecule has 90 valence electrons. The van der Waals surface area contributed by atoms with Gasteiger partial charge in [-0.05, 0) is 18.6 Å². The molecule has 3 heteroatoms. The van der Waals surface area contributed by atoms with Gasteiger partial charge in [-0.1, -0.05) is 36.4 Å². The third-order valence-corrected chi connectivity index (χ3v) is 2.50. The van der Waals surface area contributed by atoms with Gasteiger partial charge < -0.3 is 11.1 Å². The topological polar surface area (TPSA) is 55.1 Å². The van der Waals surface area contributed by atoms with Gasteiger partial charge in [-0.3, -0.25) is 4.79 Å². The first-order valence-electron chi connectivity index (χ1n) is 5.45. The highest BCUT2D eigenvalue weighted by Crippen LogP contribution is 2.09. The Morgan fingerprint density at radius 3 is 2.47 bits per heavy atom. The van der Waals surface area contributed by atoms with Gasteiger partial charge in [0.1, 0.15) is 0 Å².